The van der Waals surface area contributed by atoms with Gasteiger partial charge in [0.1, 0.15) is 5.56 Å². The van der Waals surface area contributed by atoms with Crippen LogP contribution in [-0.2, 0) is 17.8 Å². The van der Waals surface area contributed by atoms with Crippen molar-refractivity contribution in [2.75, 3.05) is 6.61 Å². The van der Waals surface area contributed by atoms with Gasteiger partial charge in [0.25, 0.3) is 0 Å². The summed E-state index contributed by atoms with van der Waals surface area (Å²) in [5.41, 5.74) is -0.222. The van der Waals surface area contributed by atoms with Gasteiger partial charge in [-0.2, -0.15) is 0 Å². The van der Waals surface area contributed by atoms with Crippen LogP contribution >= 0.6 is 0 Å². The van der Waals surface area contributed by atoms with E-state index in [0.29, 0.717) is 11.1 Å². The lowest BCUT2D eigenvalue weighted by molar-refractivity contribution is -0.136. The lowest BCUT2D eigenvalue weighted by Crippen LogP contribution is -2.20. The molecule has 0 bridgehead atoms. The molecule has 0 aliphatic rings. The zero-order valence-corrected chi connectivity index (χ0v) is 10.9. The van der Waals surface area contributed by atoms with Crippen LogP contribution in [-0.4, -0.2) is 38.4 Å². The highest BCUT2D eigenvalue weighted by Crippen LogP contribution is 2.15. The summed E-state index contributed by atoms with van der Waals surface area (Å²) >= 11 is 0. The van der Waals surface area contributed by atoms with Crippen LogP contribution in [0.15, 0.2) is 29.2 Å². The predicted octanol–water partition coefficient (Wildman–Crippen LogP) is 0.319. The number of pyridine rings is 1. The van der Waals surface area contributed by atoms with E-state index in [0.717, 1.165) is 0 Å². The van der Waals surface area contributed by atoms with Crippen molar-refractivity contribution in [2.45, 2.75) is 13.0 Å². The fourth-order valence-electron chi connectivity index (χ4n) is 2.17. The summed E-state index contributed by atoms with van der Waals surface area (Å²) in [5.74, 6) is -2.41. The summed E-state index contributed by atoms with van der Waals surface area (Å²) in [6.45, 7) is -0.0801. The number of carboxylic acids is 2. The van der Waals surface area contributed by atoms with Crippen LogP contribution in [0.1, 0.15) is 15.9 Å². The third-order valence-corrected chi connectivity index (χ3v) is 3.07. The van der Waals surface area contributed by atoms with Gasteiger partial charge in [0.2, 0.25) is 5.43 Å². The minimum absolute atomic E-state index is 0.127. The van der Waals surface area contributed by atoms with Gasteiger partial charge in [-0.3, -0.25) is 9.59 Å². The lowest BCUT2D eigenvalue weighted by Gasteiger charge is -2.11. The molecule has 7 heteroatoms. The summed E-state index contributed by atoms with van der Waals surface area (Å²) in [6, 6.07) is 4.49. The molecule has 0 unspecified atom stereocenters. The van der Waals surface area contributed by atoms with E-state index in [1.54, 1.807) is 12.1 Å². The third-order valence-electron chi connectivity index (χ3n) is 3.07. The normalized spacial score (nSPS) is 10.7. The van der Waals surface area contributed by atoms with Crippen molar-refractivity contribution >= 4 is 22.8 Å². The van der Waals surface area contributed by atoms with Crippen molar-refractivity contribution in [3.8, 4) is 0 Å². The number of carbonyl (C=O) groups is 2. The minimum atomic E-state index is -1.36. The van der Waals surface area contributed by atoms with Crippen molar-refractivity contribution in [1.82, 2.24) is 4.57 Å². The van der Waals surface area contributed by atoms with E-state index in [1.807, 2.05) is 0 Å². The van der Waals surface area contributed by atoms with Crippen LogP contribution in [0, 0.1) is 0 Å². The van der Waals surface area contributed by atoms with Crippen LogP contribution < -0.4 is 5.43 Å². The number of aliphatic hydroxyl groups is 1. The fraction of sp³-hybridized carbons (Fsp3) is 0.214. The molecule has 110 valence electrons. The molecule has 0 saturated heterocycles. The maximum Gasteiger partial charge on any atom is 0.341 e. The second-order valence-corrected chi connectivity index (χ2v) is 4.52. The molecular formula is C14H13NO6. The number of hydrogen-bond donors (Lipinski definition) is 3. The number of nitrogens with zero attached hydrogens (tertiary/aromatic N) is 1. The van der Waals surface area contributed by atoms with E-state index < -0.39 is 22.9 Å². The van der Waals surface area contributed by atoms with E-state index in [2.05, 4.69) is 0 Å². The monoisotopic (exact) mass is 291 g/mol. The van der Waals surface area contributed by atoms with Crippen molar-refractivity contribution < 1.29 is 24.9 Å². The fourth-order valence-corrected chi connectivity index (χ4v) is 2.17. The van der Waals surface area contributed by atoms with Gasteiger partial charge < -0.3 is 19.9 Å². The van der Waals surface area contributed by atoms with Gasteiger partial charge in [-0.1, -0.05) is 6.07 Å². The molecular weight excluding hydrogens is 278 g/mol. The number of carboxylic acid groups (broad SMARTS) is 2. The van der Waals surface area contributed by atoms with E-state index in [9.17, 15) is 14.4 Å². The van der Waals surface area contributed by atoms with Crippen molar-refractivity contribution in [2.24, 2.45) is 0 Å². The smallest absolute Gasteiger partial charge is 0.341 e. The van der Waals surface area contributed by atoms with Gasteiger partial charge in [-0.15, -0.1) is 0 Å². The second-order valence-electron chi connectivity index (χ2n) is 4.52. The summed E-state index contributed by atoms with van der Waals surface area (Å²) in [7, 11) is 0. The van der Waals surface area contributed by atoms with Gasteiger partial charge in [0, 0.05) is 18.1 Å². The number of aliphatic hydroxyl groups excluding tert-OH is 1. The first-order valence-electron chi connectivity index (χ1n) is 6.16. The Kier molecular flexibility index (Phi) is 4.04. The molecule has 0 aliphatic heterocycles. The molecule has 0 aliphatic carbocycles. The Balaban J connectivity index is 2.75. The molecule has 2 aromatic rings. The Morgan fingerprint density at radius 3 is 2.48 bits per heavy atom. The highest BCUT2D eigenvalue weighted by atomic mass is 16.4. The lowest BCUT2D eigenvalue weighted by atomic mass is 10.1. The van der Waals surface area contributed by atoms with Gasteiger partial charge in [0.05, 0.1) is 18.5 Å². The Labute approximate surface area is 118 Å². The van der Waals surface area contributed by atoms with Gasteiger partial charge in [0.15, 0.2) is 0 Å². The van der Waals surface area contributed by atoms with Crippen LogP contribution in [0.2, 0.25) is 0 Å². The zero-order chi connectivity index (χ0) is 15.6. The zero-order valence-electron chi connectivity index (χ0n) is 10.9. The molecule has 0 fully saturated rings. The Morgan fingerprint density at radius 2 is 1.90 bits per heavy atom. The van der Waals surface area contributed by atoms with Crippen molar-refractivity contribution in [3.63, 3.8) is 0 Å². The third kappa shape index (κ3) is 2.92. The summed E-state index contributed by atoms with van der Waals surface area (Å²) in [6.07, 6.45) is 0.923. The van der Waals surface area contributed by atoms with Crippen LogP contribution in [0.25, 0.3) is 10.9 Å². The van der Waals surface area contributed by atoms with Gasteiger partial charge in [-0.25, -0.2) is 4.79 Å². The molecule has 0 spiro atoms. The average molecular weight is 291 g/mol. The predicted molar refractivity (Wildman–Crippen MR) is 73.6 cm³/mol. The molecule has 21 heavy (non-hydrogen) atoms. The van der Waals surface area contributed by atoms with Crippen molar-refractivity contribution in [1.29, 1.82) is 0 Å². The Hall–Kier alpha value is -2.67. The summed E-state index contributed by atoms with van der Waals surface area (Å²) in [4.78, 5) is 34.0. The average Bonchev–Trinajstić information content (AvgIpc) is 2.41. The van der Waals surface area contributed by atoms with Crippen LogP contribution in [0.4, 0.5) is 0 Å². The van der Waals surface area contributed by atoms with E-state index >= 15 is 0 Å². The van der Waals surface area contributed by atoms with Crippen molar-refractivity contribution in [3.05, 3.63) is 45.7 Å². The molecule has 0 saturated carbocycles. The molecule has 0 radical (unpaired) electrons. The number of rotatable bonds is 5. The first kappa shape index (κ1) is 14.7. The largest absolute Gasteiger partial charge is 0.481 e. The summed E-state index contributed by atoms with van der Waals surface area (Å²) in [5, 5.41) is 27.0. The summed E-state index contributed by atoms with van der Waals surface area (Å²) < 4.78 is 1.46. The standard InChI is InChI=1S/C14H13NO6/c16-4-3-15-7-10(14(20)21)13(19)9-5-8(6-12(17)18)1-2-11(9)15/h1-2,5,7,16H,3-4,6H2,(H,17,18)(H,20,21). The van der Waals surface area contributed by atoms with E-state index in [1.165, 1.54) is 16.8 Å². The molecule has 3 N–H and O–H groups in total. The molecule has 1 heterocycles. The Morgan fingerprint density at radius 1 is 1.19 bits per heavy atom. The number of hydrogen-bond acceptors (Lipinski definition) is 4. The maximum absolute atomic E-state index is 12.2. The molecule has 7 nitrogen and oxygen atoms in total. The SMILES string of the molecule is O=C(O)Cc1ccc2c(c1)c(=O)c(C(=O)O)cn2CCO. The maximum atomic E-state index is 12.2. The van der Waals surface area contributed by atoms with Gasteiger partial charge >= 0.3 is 11.9 Å². The van der Waals surface area contributed by atoms with E-state index in [4.69, 9.17) is 15.3 Å². The number of benzene rings is 1. The highest BCUT2D eigenvalue weighted by Gasteiger charge is 2.15. The first-order chi connectivity index (χ1) is 9.93. The first-order valence-corrected chi connectivity index (χ1v) is 6.16. The quantitative estimate of drug-likeness (QED) is 0.730. The minimum Gasteiger partial charge on any atom is -0.481 e. The molecule has 0 amide bonds. The van der Waals surface area contributed by atoms with E-state index in [-0.39, 0.29) is 25.0 Å². The van der Waals surface area contributed by atoms with Crippen LogP contribution in [0.5, 0.6) is 0 Å². The molecule has 2 rings (SSSR count). The number of aromatic carboxylic acids is 1. The number of aromatic nitrogens is 1. The Bertz CT molecular complexity index is 777. The number of fused-ring (bicyclic) bond motifs is 1. The topological polar surface area (TPSA) is 117 Å². The highest BCUT2D eigenvalue weighted by molar-refractivity contribution is 5.93. The molecule has 1 aromatic carbocycles. The molecule has 0 atom stereocenters. The second kappa shape index (κ2) is 5.76. The van der Waals surface area contributed by atoms with Crippen LogP contribution in [0.3, 0.4) is 0 Å². The van der Waals surface area contributed by atoms with Gasteiger partial charge in [-0.05, 0) is 17.7 Å². The number of aliphatic carboxylic acids is 1. The molecule has 1 aromatic heterocycles.